The number of hydrogen-bond donors (Lipinski definition) is 2. The predicted molar refractivity (Wildman–Crippen MR) is 57.5 cm³/mol. The Bertz CT molecular complexity index is 134. The van der Waals surface area contributed by atoms with Crippen molar-refractivity contribution in [1.82, 2.24) is 0 Å². The van der Waals surface area contributed by atoms with Crippen LogP contribution in [0.4, 0.5) is 0 Å². The zero-order valence-corrected chi connectivity index (χ0v) is 9.89. The SMILES string of the molecule is CC(C)(C)[C@H](N)C[C@H](O)C(C)(C)C. The summed E-state index contributed by atoms with van der Waals surface area (Å²) in [5.74, 6) is 0. The molecule has 0 spiro atoms. The van der Waals surface area contributed by atoms with E-state index in [9.17, 15) is 5.11 Å². The number of hydrogen-bond acceptors (Lipinski definition) is 2. The number of aliphatic hydroxyl groups is 1. The van der Waals surface area contributed by atoms with Crippen LogP contribution in [-0.4, -0.2) is 17.3 Å². The summed E-state index contributed by atoms with van der Waals surface area (Å²) in [4.78, 5) is 0. The third kappa shape index (κ3) is 4.63. The van der Waals surface area contributed by atoms with Crippen molar-refractivity contribution in [2.45, 2.75) is 60.1 Å². The zero-order chi connectivity index (χ0) is 10.9. The maximum atomic E-state index is 9.84. The van der Waals surface area contributed by atoms with E-state index in [0.29, 0.717) is 6.42 Å². The van der Waals surface area contributed by atoms with Gasteiger partial charge in [0.1, 0.15) is 0 Å². The van der Waals surface area contributed by atoms with Crippen LogP contribution in [-0.2, 0) is 0 Å². The molecule has 80 valence electrons. The maximum Gasteiger partial charge on any atom is 0.0603 e. The van der Waals surface area contributed by atoms with Gasteiger partial charge in [0.2, 0.25) is 0 Å². The summed E-state index contributed by atoms with van der Waals surface area (Å²) in [6.45, 7) is 12.4. The van der Waals surface area contributed by atoms with Crippen LogP contribution in [0.3, 0.4) is 0 Å². The molecule has 0 radical (unpaired) electrons. The average molecular weight is 187 g/mol. The summed E-state index contributed by atoms with van der Waals surface area (Å²) in [6.07, 6.45) is 0.356. The fraction of sp³-hybridized carbons (Fsp3) is 1.00. The first kappa shape index (κ1) is 12.9. The smallest absolute Gasteiger partial charge is 0.0603 e. The Morgan fingerprint density at radius 2 is 1.38 bits per heavy atom. The standard InChI is InChI=1S/C11H25NO/c1-10(2,3)8(12)7-9(13)11(4,5)6/h8-9,13H,7,12H2,1-6H3/t8-,9+/m1/s1. The molecule has 2 atom stereocenters. The van der Waals surface area contributed by atoms with Gasteiger partial charge in [-0.3, -0.25) is 0 Å². The molecule has 0 saturated heterocycles. The first-order valence-electron chi connectivity index (χ1n) is 4.99. The van der Waals surface area contributed by atoms with E-state index in [2.05, 4.69) is 20.8 Å². The summed E-state index contributed by atoms with van der Waals surface area (Å²) in [5, 5.41) is 9.84. The van der Waals surface area contributed by atoms with E-state index >= 15 is 0 Å². The summed E-state index contributed by atoms with van der Waals surface area (Å²) in [7, 11) is 0. The van der Waals surface area contributed by atoms with Gasteiger partial charge in [0.15, 0.2) is 0 Å². The minimum Gasteiger partial charge on any atom is -0.393 e. The highest BCUT2D eigenvalue weighted by molar-refractivity contribution is 4.83. The van der Waals surface area contributed by atoms with Gasteiger partial charge in [-0.05, 0) is 17.3 Å². The molecule has 0 amide bonds. The van der Waals surface area contributed by atoms with Crippen LogP contribution in [0.2, 0.25) is 0 Å². The normalized spacial score (nSPS) is 18.5. The highest BCUT2D eigenvalue weighted by atomic mass is 16.3. The fourth-order valence-corrected chi connectivity index (χ4v) is 0.948. The molecule has 2 nitrogen and oxygen atoms in total. The molecule has 0 rings (SSSR count). The second-order valence-electron chi connectivity index (χ2n) is 6.09. The summed E-state index contributed by atoms with van der Waals surface area (Å²) >= 11 is 0. The summed E-state index contributed by atoms with van der Waals surface area (Å²) in [5.41, 5.74) is 6.00. The van der Waals surface area contributed by atoms with Crippen molar-refractivity contribution in [3.05, 3.63) is 0 Å². The van der Waals surface area contributed by atoms with E-state index in [1.165, 1.54) is 0 Å². The molecule has 0 aliphatic heterocycles. The van der Waals surface area contributed by atoms with Gasteiger partial charge in [-0.15, -0.1) is 0 Å². The topological polar surface area (TPSA) is 46.2 Å². The molecule has 3 N–H and O–H groups in total. The van der Waals surface area contributed by atoms with Crippen LogP contribution in [0, 0.1) is 10.8 Å². The molecular formula is C11H25NO. The first-order valence-corrected chi connectivity index (χ1v) is 4.99. The number of aliphatic hydroxyl groups excluding tert-OH is 1. The quantitative estimate of drug-likeness (QED) is 0.696. The third-order valence-corrected chi connectivity index (χ3v) is 2.59. The fourth-order valence-electron chi connectivity index (χ4n) is 0.948. The van der Waals surface area contributed by atoms with Crippen molar-refractivity contribution in [2.24, 2.45) is 16.6 Å². The van der Waals surface area contributed by atoms with Crippen molar-refractivity contribution < 1.29 is 5.11 Å². The number of nitrogens with two attached hydrogens (primary N) is 1. The minimum atomic E-state index is -0.318. The Morgan fingerprint density at radius 1 is 1.00 bits per heavy atom. The van der Waals surface area contributed by atoms with E-state index in [1.807, 2.05) is 20.8 Å². The van der Waals surface area contributed by atoms with Crippen LogP contribution < -0.4 is 5.73 Å². The van der Waals surface area contributed by atoms with Gasteiger partial charge in [0.25, 0.3) is 0 Å². The molecule has 0 bridgehead atoms. The molecule has 13 heavy (non-hydrogen) atoms. The van der Waals surface area contributed by atoms with Crippen molar-refractivity contribution in [1.29, 1.82) is 0 Å². The second kappa shape index (κ2) is 3.97. The molecule has 0 aromatic carbocycles. The van der Waals surface area contributed by atoms with Gasteiger partial charge < -0.3 is 10.8 Å². The van der Waals surface area contributed by atoms with E-state index in [-0.39, 0.29) is 23.0 Å². The second-order valence-corrected chi connectivity index (χ2v) is 6.09. The van der Waals surface area contributed by atoms with Crippen LogP contribution in [0.15, 0.2) is 0 Å². The van der Waals surface area contributed by atoms with Crippen LogP contribution >= 0.6 is 0 Å². The van der Waals surface area contributed by atoms with E-state index in [4.69, 9.17) is 5.73 Å². The minimum absolute atomic E-state index is 0.0572. The summed E-state index contributed by atoms with van der Waals surface area (Å²) < 4.78 is 0. The van der Waals surface area contributed by atoms with Crippen molar-refractivity contribution in [3.63, 3.8) is 0 Å². The first-order chi connectivity index (χ1) is 5.55. The van der Waals surface area contributed by atoms with Crippen molar-refractivity contribution in [2.75, 3.05) is 0 Å². The molecule has 0 heterocycles. The highest BCUT2D eigenvalue weighted by Crippen LogP contribution is 2.27. The average Bonchev–Trinajstić information content (AvgIpc) is 1.82. The van der Waals surface area contributed by atoms with E-state index < -0.39 is 0 Å². The number of rotatable bonds is 2. The molecule has 2 heteroatoms. The van der Waals surface area contributed by atoms with Gasteiger partial charge in [0, 0.05) is 6.04 Å². The molecule has 0 fully saturated rings. The molecule has 0 saturated carbocycles. The molecule has 0 aliphatic rings. The lowest BCUT2D eigenvalue weighted by Gasteiger charge is -2.33. The lowest BCUT2D eigenvalue weighted by molar-refractivity contribution is 0.0388. The zero-order valence-electron chi connectivity index (χ0n) is 9.89. The molecular weight excluding hydrogens is 162 g/mol. The van der Waals surface area contributed by atoms with Gasteiger partial charge in [-0.25, -0.2) is 0 Å². The van der Waals surface area contributed by atoms with E-state index in [1.54, 1.807) is 0 Å². The largest absolute Gasteiger partial charge is 0.393 e. The van der Waals surface area contributed by atoms with Crippen molar-refractivity contribution in [3.8, 4) is 0 Å². The molecule has 0 aromatic heterocycles. The molecule has 0 aromatic rings. The Labute approximate surface area is 82.5 Å². The van der Waals surface area contributed by atoms with Gasteiger partial charge in [-0.2, -0.15) is 0 Å². The Morgan fingerprint density at radius 3 is 1.62 bits per heavy atom. The molecule has 0 unspecified atom stereocenters. The lowest BCUT2D eigenvalue weighted by atomic mass is 9.78. The van der Waals surface area contributed by atoms with Crippen LogP contribution in [0.5, 0.6) is 0 Å². The Kier molecular flexibility index (Phi) is 3.95. The van der Waals surface area contributed by atoms with E-state index in [0.717, 1.165) is 0 Å². The Balaban J connectivity index is 4.15. The van der Waals surface area contributed by atoms with Gasteiger partial charge in [-0.1, -0.05) is 41.5 Å². The summed E-state index contributed by atoms with van der Waals surface area (Å²) in [6, 6.07) is 0.0572. The lowest BCUT2D eigenvalue weighted by Crippen LogP contribution is -2.41. The predicted octanol–water partition coefficient (Wildman–Crippen LogP) is 2.16. The third-order valence-electron chi connectivity index (χ3n) is 2.59. The van der Waals surface area contributed by atoms with Gasteiger partial charge >= 0.3 is 0 Å². The van der Waals surface area contributed by atoms with Crippen molar-refractivity contribution >= 4 is 0 Å². The van der Waals surface area contributed by atoms with Crippen LogP contribution in [0.1, 0.15) is 48.0 Å². The van der Waals surface area contributed by atoms with Crippen LogP contribution in [0.25, 0.3) is 0 Å². The Hall–Kier alpha value is -0.0800. The maximum absolute atomic E-state index is 9.84. The van der Waals surface area contributed by atoms with Gasteiger partial charge in [0.05, 0.1) is 6.10 Å². The monoisotopic (exact) mass is 187 g/mol. The molecule has 0 aliphatic carbocycles. The highest BCUT2D eigenvalue weighted by Gasteiger charge is 2.29.